The lowest BCUT2D eigenvalue weighted by Gasteiger charge is -2.20. The SMILES string of the molecule is NC(=O)C1CCN(c2cc(Br)ccc2C=O)C1. The van der Waals surface area contributed by atoms with Crippen LogP contribution in [-0.4, -0.2) is 25.3 Å². The van der Waals surface area contributed by atoms with E-state index < -0.39 is 0 Å². The topological polar surface area (TPSA) is 63.4 Å². The molecule has 1 unspecified atom stereocenters. The Morgan fingerprint density at radius 3 is 2.88 bits per heavy atom. The van der Waals surface area contributed by atoms with Crippen molar-refractivity contribution in [3.8, 4) is 0 Å². The van der Waals surface area contributed by atoms with Crippen molar-refractivity contribution < 1.29 is 9.59 Å². The van der Waals surface area contributed by atoms with Gasteiger partial charge in [-0.25, -0.2) is 0 Å². The Balaban J connectivity index is 2.26. The van der Waals surface area contributed by atoms with E-state index in [1.54, 1.807) is 6.07 Å². The van der Waals surface area contributed by atoms with Crippen LogP contribution in [0, 0.1) is 5.92 Å². The van der Waals surface area contributed by atoms with Crippen LogP contribution in [-0.2, 0) is 4.79 Å². The first-order chi connectivity index (χ1) is 8.11. The molecule has 17 heavy (non-hydrogen) atoms. The quantitative estimate of drug-likeness (QED) is 0.861. The lowest BCUT2D eigenvalue weighted by Crippen LogP contribution is -2.27. The van der Waals surface area contributed by atoms with Crippen molar-refractivity contribution in [1.82, 2.24) is 0 Å². The van der Waals surface area contributed by atoms with Crippen molar-refractivity contribution in [2.24, 2.45) is 11.7 Å². The first kappa shape index (κ1) is 12.1. The second-order valence-corrected chi connectivity index (χ2v) is 5.07. The molecule has 0 bridgehead atoms. The van der Waals surface area contributed by atoms with Gasteiger partial charge in [0.1, 0.15) is 0 Å². The summed E-state index contributed by atoms with van der Waals surface area (Å²) in [5.74, 6) is -0.386. The molecule has 0 aromatic heterocycles. The number of benzene rings is 1. The molecule has 0 aliphatic carbocycles. The van der Waals surface area contributed by atoms with Crippen LogP contribution in [0.25, 0.3) is 0 Å². The average molecular weight is 297 g/mol. The Morgan fingerprint density at radius 2 is 2.29 bits per heavy atom. The van der Waals surface area contributed by atoms with Gasteiger partial charge in [-0.15, -0.1) is 0 Å². The highest BCUT2D eigenvalue weighted by atomic mass is 79.9. The van der Waals surface area contributed by atoms with Gasteiger partial charge >= 0.3 is 0 Å². The monoisotopic (exact) mass is 296 g/mol. The summed E-state index contributed by atoms with van der Waals surface area (Å²) in [5.41, 5.74) is 6.79. The molecular weight excluding hydrogens is 284 g/mol. The first-order valence-electron chi connectivity index (χ1n) is 5.41. The molecule has 1 fully saturated rings. The number of carbonyl (C=O) groups excluding carboxylic acids is 2. The Hall–Kier alpha value is -1.36. The molecule has 5 heteroatoms. The standard InChI is InChI=1S/C12H13BrN2O2/c13-10-2-1-9(7-16)11(5-10)15-4-3-8(6-15)12(14)17/h1-2,5,7-8H,3-4,6H2,(H2,14,17). The van der Waals surface area contributed by atoms with Gasteiger partial charge in [0.05, 0.1) is 5.92 Å². The van der Waals surface area contributed by atoms with Crippen molar-refractivity contribution in [2.45, 2.75) is 6.42 Å². The fraction of sp³-hybridized carbons (Fsp3) is 0.333. The smallest absolute Gasteiger partial charge is 0.222 e. The zero-order valence-corrected chi connectivity index (χ0v) is 10.8. The van der Waals surface area contributed by atoms with Crippen LogP contribution in [0.4, 0.5) is 5.69 Å². The van der Waals surface area contributed by atoms with Crippen LogP contribution in [0.5, 0.6) is 0 Å². The maximum Gasteiger partial charge on any atom is 0.222 e. The maximum absolute atomic E-state index is 11.1. The molecule has 1 aliphatic rings. The third-order valence-corrected chi connectivity index (χ3v) is 3.54. The van der Waals surface area contributed by atoms with Crippen LogP contribution in [0.1, 0.15) is 16.8 Å². The molecule has 1 aromatic carbocycles. The third-order valence-electron chi connectivity index (χ3n) is 3.05. The highest BCUT2D eigenvalue weighted by Crippen LogP contribution is 2.28. The summed E-state index contributed by atoms with van der Waals surface area (Å²) in [6, 6.07) is 5.49. The highest BCUT2D eigenvalue weighted by molar-refractivity contribution is 9.10. The molecule has 0 saturated carbocycles. The zero-order valence-electron chi connectivity index (χ0n) is 9.23. The van der Waals surface area contributed by atoms with Gasteiger partial charge in [0, 0.05) is 28.8 Å². The fourth-order valence-electron chi connectivity index (χ4n) is 2.10. The second-order valence-electron chi connectivity index (χ2n) is 4.15. The van der Waals surface area contributed by atoms with Crippen molar-refractivity contribution in [1.29, 1.82) is 0 Å². The predicted molar refractivity (Wildman–Crippen MR) is 69.0 cm³/mol. The highest BCUT2D eigenvalue weighted by Gasteiger charge is 2.27. The number of carbonyl (C=O) groups is 2. The molecule has 1 aliphatic heterocycles. The van der Waals surface area contributed by atoms with E-state index in [4.69, 9.17) is 5.73 Å². The molecule has 1 heterocycles. The summed E-state index contributed by atoms with van der Waals surface area (Å²) in [6.45, 7) is 1.34. The molecule has 90 valence electrons. The van der Waals surface area contributed by atoms with Crippen molar-refractivity contribution >= 4 is 33.8 Å². The number of hydrogen-bond donors (Lipinski definition) is 1. The number of rotatable bonds is 3. The average Bonchev–Trinajstić information content (AvgIpc) is 2.78. The maximum atomic E-state index is 11.1. The van der Waals surface area contributed by atoms with Gasteiger partial charge in [-0.2, -0.15) is 0 Å². The normalized spacial score (nSPS) is 19.4. The van der Waals surface area contributed by atoms with E-state index in [2.05, 4.69) is 15.9 Å². The molecule has 4 nitrogen and oxygen atoms in total. The van der Waals surface area contributed by atoms with Crippen molar-refractivity contribution in [2.75, 3.05) is 18.0 Å². The number of aldehydes is 1. The van der Waals surface area contributed by atoms with E-state index in [1.165, 1.54) is 0 Å². The third kappa shape index (κ3) is 2.49. The summed E-state index contributed by atoms with van der Waals surface area (Å²) >= 11 is 3.38. The molecule has 2 rings (SSSR count). The fourth-order valence-corrected chi connectivity index (χ4v) is 2.45. The van der Waals surface area contributed by atoms with Crippen LogP contribution in [0.3, 0.4) is 0 Å². The van der Waals surface area contributed by atoms with E-state index in [1.807, 2.05) is 17.0 Å². The first-order valence-corrected chi connectivity index (χ1v) is 6.20. The molecular formula is C12H13BrN2O2. The summed E-state index contributed by atoms with van der Waals surface area (Å²) in [6.07, 6.45) is 1.58. The van der Waals surface area contributed by atoms with E-state index in [9.17, 15) is 9.59 Å². The van der Waals surface area contributed by atoms with E-state index >= 15 is 0 Å². The van der Waals surface area contributed by atoms with Crippen LogP contribution in [0.2, 0.25) is 0 Å². The number of nitrogens with two attached hydrogens (primary N) is 1. The Labute approximate surface area is 108 Å². The molecule has 2 N–H and O–H groups in total. The minimum Gasteiger partial charge on any atom is -0.370 e. The van der Waals surface area contributed by atoms with E-state index in [-0.39, 0.29) is 11.8 Å². The van der Waals surface area contributed by atoms with Gasteiger partial charge in [0.25, 0.3) is 0 Å². The Bertz CT molecular complexity index is 462. The zero-order chi connectivity index (χ0) is 12.4. The molecule has 1 saturated heterocycles. The predicted octanol–water partition coefficient (Wildman–Crippen LogP) is 1.57. The summed E-state index contributed by atoms with van der Waals surface area (Å²) in [7, 11) is 0. The van der Waals surface area contributed by atoms with Gasteiger partial charge in [0.2, 0.25) is 5.91 Å². The van der Waals surface area contributed by atoms with Gasteiger partial charge in [-0.05, 0) is 24.6 Å². The molecule has 1 amide bonds. The molecule has 0 radical (unpaired) electrons. The molecule has 1 atom stereocenters. The summed E-state index contributed by atoms with van der Waals surface area (Å²) in [5, 5.41) is 0. The van der Waals surface area contributed by atoms with Gasteiger partial charge < -0.3 is 10.6 Å². The molecule has 0 spiro atoms. The Morgan fingerprint density at radius 1 is 1.53 bits per heavy atom. The number of nitrogens with zero attached hydrogens (tertiary/aromatic N) is 1. The van der Waals surface area contributed by atoms with Crippen LogP contribution < -0.4 is 10.6 Å². The number of primary amides is 1. The number of anilines is 1. The number of amides is 1. The van der Waals surface area contributed by atoms with Gasteiger partial charge in [-0.1, -0.05) is 15.9 Å². The lowest BCUT2D eigenvalue weighted by molar-refractivity contribution is -0.121. The second kappa shape index (κ2) is 4.87. The van der Waals surface area contributed by atoms with Gasteiger partial charge in [-0.3, -0.25) is 9.59 Å². The Kier molecular flexibility index (Phi) is 3.47. The van der Waals surface area contributed by atoms with Gasteiger partial charge in [0.15, 0.2) is 6.29 Å². The van der Waals surface area contributed by atoms with E-state index in [0.717, 1.165) is 29.4 Å². The lowest BCUT2D eigenvalue weighted by atomic mass is 10.1. The van der Waals surface area contributed by atoms with Crippen molar-refractivity contribution in [3.05, 3.63) is 28.2 Å². The number of hydrogen-bond acceptors (Lipinski definition) is 3. The largest absolute Gasteiger partial charge is 0.370 e. The molecule has 1 aromatic rings. The minimum atomic E-state index is -0.268. The van der Waals surface area contributed by atoms with E-state index in [0.29, 0.717) is 12.1 Å². The van der Waals surface area contributed by atoms with Crippen molar-refractivity contribution in [3.63, 3.8) is 0 Å². The number of halogens is 1. The minimum absolute atomic E-state index is 0.117. The van der Waals surface area contributed by atoms with Crippen LogP contribution in [0.15, 0.2) is 22.7 Å². The van der Waals surface area contributed by atoms with Crippen LogP contribution >= 0.6 is 15.9 Å². The summed E-state index contributed by atoms with van der Waals surface area (Å²) in [4.78, 5) is 24.1. The summed E-state index contributed by atoms with van der Waals surface area (Å²) < 4.78 is 0.917.